The summed E-state index contributed by atoms with van der Waals surface area (Å²) in [5.74, 6) is 1.12. The van der Waals surface area contributed by atoms with E-state index in [1.165, 1.54) is 30.4 Å². The molecule has 2 unspecified atom stereocenters. The summed E-state index contributed by atoms with van der Waals surface area (Å²) in [6, 6.07) is 6.90. The molecule has 1 fully saturated rings. The van der Waals surface area contributed by atoms with Crippen molar-refractivity contribution in [3.05, 3.63) is 29.3 Å². The third kappa shape index (κ3) is 2.99. The molecule has 20 heavy (non-hydrogen) atoms. The molecule has 2 aliphatic rings. The number of fused-ring (bicyclic) bond motifs is 1. The fourth-order valence-corrected chi connectivity index (χ4v) is 3.34. The van der Waals surface area contributed by atoms with Crippen LogP contribution in [0.5, 0.6) is 5.75 Å². The van der Waals surface area contributed by atoms with E-state index in [0.29, 0.717) is 12.1 Å². The van der Waals surface area contributed by atoms with Crippen molar-refractivity contribution in [3.8, 4) is 5.75 Å². The van der Waals surface area contributed by atoms with Gasteiger partial charge in [-0.1, -0.05) is 25.1 Å². The normalized spacial score (nSPS) is 23.1. The van der Waals surface area contributed by atoms with Crippen molar-refractivity contribution in [1.82, 2.24) is 5.32 Å². The van der Waals surface area contributed by atoms with Crippen LogP contribution in [0.1, 0.15) is 49.8 Å². The Bertz CT molecular complexity index is 441. The predicted molar refractivity (Wildman–Crippen MR) is 80.3 cm³/mol. The van der Waals surface area contributed by atoms with E-state index in [4.69, 9.17) is 9.47 Å². The Kier molecular flexibility index (Phi) is 4.58. The third-order valence-electron chi connectivity index (χ3n) is 4.34. The van der Waals surface area contributed by atoms with Crippen LogP contribution in [0.4, 0.5) is 0 Å². The van der Waals surface area contributed by atoms with Crippen molar-refractivity contribution in [3.63, 3.8) is 0 Å². The van der Waals surface area contributed by atoms with Gasteiger partial charge in [0, 0.05) is 24.6 Å². The number of hydrogen-bond acceptors (Lipinski definition) is 3. The minimum absolute atomic E-state index is 0.344. The van der Waals surface area contributed by atoms with E-state index in [9.17, 15) is 0 Å². The van der Waals surface area contributed by atoms with E-state index < -0.39 is 0 Å². The van der Waals surface area contributed by atoms with Crippen LogP contribution < -0.4 is 10.1 Å². The van der Waals surface area contributed by atoms with E-state index in [1.54, 1.807) is 0 Å². The van der Waals surface area contributed by atoms with Crippen LogP contribution in [0.2, 0.25) is 0 Å². The molecular formula is C17H25NO2. The molecule has 3 nitrogen and oxygen atoms in total. The second-order valence-corrected chi connectivity index (χ2v) is 5.77. The zero-order chi connectivity index (χ0) is 13.8. The molecule has 110 valence electrons. The Morgan fingerprint density at radius 2 is 2.25 bits per heavy atom. The molecule has 1 N–H and O–H groups in total. The first-order chi connectivity index (χ1) is 9.88. The number of hydrogen-bond donors (Lipinski definition) is 1. The first kappa shape index (κ1) is 13.9. The topological polar surface area (TPSA) is 30.5 Å². The number of benzene rings is 1. The van der Waals surface area contributed by atoms with Gasteiger partial charge in [0.05, 0.1) is 12.7 Å². The van der Waals surface area contributed by atoms with Gasteiger partial charge in [-0.05, 0) is 37.8 Å². The highest BCUT2D eigenvalue weighted by molar-refractivity contribution is 5.45. The minimum atomic E-state index is 0.344. The Hall–Kier alpha value is -1.06. The van der Waals surface area contributed by atoms with Crippen LogP contribution in [0, 0.1) is 0 Å². The SMILES string of the molecule is CCNC(CC1CCCCO1)c1cccc2c1OCC2. The molecule has 0 spiro atoms. The predicted octanol–water partition coefficient (Wildman–Crippen LogP) is 3.23. The Morgan fingerprint density at radius 3 is 3.05 bits per heavy atom. The lowest BCUT2D eigenvalue weighted by Gasteiger charge is -2.28. The molecule has 0 saturated carbocycles. The van der Waals surface area contributed by atoms with Gasteiger partial charge in [-0.25, -0.2) is 0 Å². The minimum Gasteiger partial charge on any atom is -0.493 e. The van der Waals surface area contributed by atoms with Crippen LogP contribution in [0.15, 0.2) is 18.2 Å². The molecule has 3 rings (SSSR count). The highest BCUT2D eigenvalue weighted by atomic mass is 16.5. The van der Waals surface area contributed by atoms with Crippen molar-refractivity contribution < 1.29 is 9.47 Å². The first-order valence-electron chi connectivity index (χ1n) is 7.98. The van der Waals surface area contributed by atoms with Gasteiger partial charge in [0.2, 0.25) is 0 Å². The maximum atomic E-state index is 5.91. The summed E-state index contributed by atoms with van der Waals surface area (Å²) in [7, 11) is 0. The quantitative estimate of drug-likeness (QED) is 0.895. The van der Waals surface area contributed by atoms with Crippen LogP contribution in [-0.4, -0.2) is 25.9 Å². The van der Waals surface area contributed by atoms with Crippen molar-refractivity contribution in [1.29, 1.82) is 0 Å². The Balaban J connectivity index is 1.77. The highest BCUT2D eigenvalue weighted by Gasteiger charge is 2.25. The zero-order valence-electron chi connectivity index (χ0n) is 12.4. The van der Waals surface area contributed by atoms with Gasteiger partial charge in [0.15, 0.2) is 0 Å². The van der Waals surface area contributed by atoms with Crippen LogP contribution in [0.3, 0.4) is 0 Å². The van der Waals surface area contributed by atoms with Gasteiger partial charge in [-0.3, -0.25) is 0 Å². The van der Waals surface area contributed by atoms with Gasteiger partial charge in [0.1, 0.15) is 5.75 Å². The molecule has 1 saturated heterocycles. The fourth-order valence-electron chi connectivity index (χ4n) is 3.34. The van der Waals surface area contributed by atoms with E-state index >= 15 is 0 Å². The average molecular weight is 275 g/mol. The second kappa shape index (κ2) is 6.59. The van der Waals surface area contributed by atoms with Gasteiger partial charge in [0.25, 0.3) is 0 Å². The van der Waals surface area contributed by atoms with Crippen LogP contribution in [-0.2, 0) is 11.2 Å². The molecule has 1 aromatic carbocycles. The highest BCUT2D eigenvalue weighted by Crippen LogP contribution is 2.36. The number of rotatable bonds is 5. The molecular weight excluding hydrogens is 250 g/mol. The summed E-state index contributed by atoms with van der Waals surface area (Å²) in [5.41, 5.74) is 2.67. The lowest BCUT2D eigenvalue weighted by atomic mass is 9.94. The number of para-hydroxylation sites is 1. The lowest BCUT2D eigenvalue weighted by Crippen LogP contribution is -2.29. The van der Waals surface area contributed by atoms with Gasteiger partial charge < -0.3 is 14.8 Å². The summed E-state index contributed by atoms with van der Waals surface area (Å²) in [5, 5.41) is 3.62. The van der Waals surface area contributed by atoms with E-state index in [-0.39, 0.29) is 0 Å². The van der Waals surface area contributed by atoms with Crippen LogP contribution in [0.25, 0.3) is 0 Å². The summed E-state index contributed by atoms with van der Waals surface area (Å²) < 4.78 is 11.8. The summed E-state index contributed by atoms with van der Waals surface area (Å²) >= 11 is 0. The third-order valence-corrected chi connectivity index (χ3v) is 4.34. The summed E-state index contributed by atoms with van der Waals surface area (Å²) in [6.07, 6.45) is 6.19. The van der Waals surface area contributed by atoms with E-state index in [1.807, 2.05) is 0 Å². The number of ether oxygens (including phenoxy) is 2. The molecule has 2 atom stereocenters. The second-order valence-electron chi connectivity index (χ2n) is 5.77. The largest absolute Gasteiger partial charge is 0.493 e. The van der Waals surface area contributed by atoms with E-state index in [2.05, 4.69) is 30.4 Å². The van der Waals surface area contributed by atoms with Crippen molar-refractivity contribution in [2.75, 3.05) is 19.8 Å². The van der Waals surface area contributed by atoms with Gasteiger partial charge >= 0.3 is 0 Å². The average Bonchev–Trinajstić information content (AvgIpc) is 2.96. The molecule has 1 aromatic rings. The monoisotopic (exact) mass is 275 g/mol. The smallest absolute Gasteiger partial charge is 0.127 e. The van der Waals surface area contributed by atoms with E-state index in [0.717, 1.165) is 38.3 Å². The molecule has 2 aliphatic heterocycles. The first-order valence-corrected chi connectivity index (χ1v) is 7.98. The molecule has 0 aliphatic carbocycles. The molecule has 3 heteroatoms. The summed E-state index contributed by atoms with van der Waals surface area (Å²) in [4.78, 5) is 0. The van der Waals surface area contributed by atoms with Crippen LogP contribution >= 0.6 is 0 Å². The lowest BCUT2D eigenvalue weighted by molar-refractivity contribution is 0.00502. The van der Waals surface area contributed by atoms with Crippen molar-refractivity contribution in [2.24, 2.45) is 0 Å². The molecule has 0 aromatic heterocycles. The molecule has 0 amide bonds. The standard InChI is InChI=1S/C17H25NO2/c1-2-18-16(12-14-7-3-4-10-19-14)15-8-5-6-13-9-11-20-17(13)15/h5-6,8,14,16,18H,2-4,7,9-12H2,1H3. The maximum absolute atomic E-state index is 5.91. The molecule has 2 heterocycles. The zero-order valence-corrected chi connectivity index (χ0v) is 12.4. The van der Waals surface area contributed by atoms with Crippen molar-refractivity contribution in [2.45, 2.75) is 51.2 Å². The number of nitrogens with one attached hydrogen (secondary N) is 1. The molecule has 0 radical (unpaired) electrons. The summed E-state index contributed by atoms with van der Waals surface area (Å²) in [6.45, 7) is 4.89. The Labute approximate surface area is 121 Å². The van der Waals surface area contributed by atoms with Crippen molar-refractivity contribution >= 4 is 0 Å². The van der Waals surface area contributed by atoms with Gasteiger partial charge in [-0.2, -0.15) is 0 Å². The molecule has 0 bridgehead atoms. The van der Waals surface area contributed by atoms with Gasteiger partial charge in [-0.15, -0.1) is 0 Å². The maximum Gasteiger partial charge on any atom is 0.127 e. The Morgan fingerprint density at radius 1 is 1.30 bits per heavy atom. The fraction of sp³-hybridized carbons (Fsp3) is 0.647.